The number of fused-ring (bicyclic) bond motifs is 1. The van der Waals surface area contributed by atoms with Crippen molar-refractivity contribution in [2.45, 2.75) is 57.0 Å². The van der Waals surface area contributed by atoms with E-state index >= 15 is 0 Å². The van der Waals surface area contributed by atoms with Gasteiger partial charge in [0.25, 0.3) is 0 Å². The smallest absolute Gasteiger partial charge is 0.234 e. The molecule has 1 aromatic carbocycles. The van der Waals surface area contributed by atoms with Crippen molar-refractivity contribution in [1.82, 2.24) is 15.2 Å². The topological polar surface area (TPSA) is 96.0 Å². The van der Waals surface area contributed by atoms with E-state index in [-0.39, 0.29) is 17.3 Å². The Balaban J connectivity index is 1.33. The van der Waals surface area contributed by atoms with Gasteiger partial charge in [-0.1, -0.05) is 37.4 Å². The first-order valence-electron chi connectivity index (χ1n) is 10.7. The van der Waals surface area contributed by atoms with E-state index in [1.807, 2.05) is 6.07 Å². The zero-order valence-electron chi connectivity index (χ0n) is 17.3. The summed E-state index contributed by atoms with van der Waals surface area (Å²) >= 11 is 1.33. The molecule has 1 saturated carbocycles. The van der Waals surface area contributed by atoms with Crippen LogP contribution in [0.25, 0.3) is 0 Å². The van der Waals surface area contributed by atoms with E-state index in [0.29, 0.717) is 29.4 Å². The van der Waals surface area contributed by atoms with Crippen LogP contribution in [0.4, 0.5) is 5.69 Å². The van der Waals surface area contributed by atoms with Gasteiger partial charge in [-0.25, -0.2) is 13.4 Å². The van der Waals surface area contributed by atoms with Crippen molar-refractivity contribution in [1.29, 1.82) is 0 Å². The van der Waals surface area contributed by atoms with Gasteiger partial charge in [0.05, 0.1) is 17.2 Å². The Morgan fingerprint density at radius 2 is 2.10 bits per heavy atom. The van der Waals surface area contributed by atoms with Crippen molar-refractivity contribution in [2.75, 3.05) is 22.4 Å². The van der Waals surface area contributed by atoms with E-state index in [9.17, 15) is 13.2 Å². The number of aromatic nitrogens is 3. The Morgan fingerprint density at radius 3 is 2.87 bits per heavy atom. The second-order valence-corrected chi connectivity index (χ2v) is 11.2. The lowest BCUT2D eigenvalue weighted by Crippen LogP contribution is -2.30. The summed E-state index contributed by atoms with van der Waals surface area (Å²) in [6.45, 7) is 2.09. The maximum atomic E-state index is 12.6. The van der Waals surface area contributed by atoms with Crippen molar-refractivity contribution in [3.8, 4) is 0 Å². The lowest BCUT2D eigenvalue weighted by molar-refractivity contribution is 0.102. The highest BCUT2D eigenvalue weighted by Gasteiger charge is 2.28. The van der Waals surface area contributed by atoms with Gasteiger partial charge in [0.1, 0.15) is 5.82 Å². The van der Waals surface area contributed by atoms with E-state index in [1.165, 1.54) is 41.8 Å². The molecule has 2 heterocycles. The molecule has 0 amide bonds. The molecule has 4 rings (SSSR count). The fourth-order valence-corrected chi connectivity index (χ4v) is 6.17. The summed E-state index contributed by atoms with van der Waals surface area (Å²) in [7, 11) is -3.27. The Morgan fingerprint density at radius 1 is 1.30 bits per heavy atom. The Bertz CT molecular complexity index is 1010. The van der Waals surface area contributed by atoms with Crippen LogP contribution in [-0.2, 0) is 22.9 Å². The molecule has 0 bridgehead atoms. The van der Waals surface area contributed by atoms with Crippen molar-refractivity contribution >= 4 is 33.3 Å². The number of aromatic amines is 1. The first-order valence-corrected chi connectivity index (χ1v) is 13.3. The van der Waals surface area contributed by atoms with Crippen LogP contribution < -0.4 is 4.31 Å². The maximum absolute atomic E-state index is 12.6. The SMILES string of the molecule is CCS(=O)(=O)N1CCc2cc(C(=O)CSc3n[nH]c(CCC4CCCC4)n3)ccc21. The second-order valence-electron chi connectivity index (χ2n) is 8.03. The Labute approximate surface area is 182 Å². The predicted octanol–water partition coefficient (Wildman–Crippen LogP) is 3.61. The number of Topliss-reactive ketones (excluding diaryl/α,β-unsaturated/α-hetero) is 1. The molecule has 0 radical (unpaired) electrons. The monoisotopic (exact) mass is 448 g/mol. The van der Waals surface area contributed by atoms with Gasteiger partial charge in [0.2, 0.25) is 15.2 Å². The van der Waals surface area contributed by atoms with Gasteiger partial charge in [0.15, 0.2) is 5.78 Å². The standard InChI is InChI=1S/C21H28N4O3S2/c1-2-30(27,28)25-12-11-16-13-17(8-9-18(16)25)19(26)14-29-21-22-20(23-24-21)10-7-15-5-3-4-6-15/h8-9,13,15H,2-7,10-12,14H2,1H3,(H,22,23,24). The Kier molecular flexibility index (Phi) is 6.48. The highest BCUT2D eigenvalue weighted by Crippen LogP contribution is 2.32. The van der Waals surface area contributed by atoms with Gasteiger partial charge >= 0.3 is 0 Å². The lowest BCUT2D eigenvalue weighted by Gasteiger charge is -2.18. The number of nitrogens with zero attached hydrogens (tertiary/aromatic N) is 3. The van der Waals surface area contributed by atoms with Crippen molar-refractivity contribution < 1.29 is 13.2 Å². The zero-order chi connectivity index (χ0) is 21.1. The predicted molar refractivity (Wildman–Crippen MR) is 119 cm³/mol. The van der Waals surface area contributed by atoms with E-state index < -0.39 is 10.0 Å². The quantitative estimate of drug-likeness (QED) is 0.465. The molecule has 2 aliphatic rings. The van der Waals surface area contributed by atoms with Crippen LogP contribution in [0.3, 0.4) is 0 Å². The molecule has 9 heteroatoms. The number of H-pyrrole nitrogens is 1. The number of hydrogen-bond donors (Lipinski definition) is 1. The number of ketones is 1. The van der Waals surface area contributed by atoms with Crippen LogP contribution in [0, 0.1) is 5.92 Å². The molecule has 0 saturated heterocycles. The van der Waals surface area contributed by atoms with Crippen LogP contribution >= 0.6 is 11.8 Å². The number of hydrogen-bond acceptors (Lipinski definition) is 6. The van der Waals surface area contributed by atoms with E-state index in [1.54, 1.807) is 19.1 Å². The van der Waals surface area contributed by atoms with Crippen molar-refractivity contribution in [3.63, 3.8) is 0 Å². The van der Waals surface area contributed by atoms with E-state index in [4.69, 9.17) is 0 Å². The molecule has 1 aliphatic heterocycles. The molecule has 0 unspecified atom stereocenters. The van der Waals surface area contributed by atoms with Gasteiger partial charge < -0.3 is 0 Å². The number of sulfonamides is 1. The first-order chi connectivity index (χ1) is 14.5. The number of rotatable bonds is 9. The minimum atomic E-state index is -3.27. The third kappa shape index (κ3) is 4.72. The molecule has 1 aromatic heterocycles. The number of carbonyl (C=O) groups is 1. The number of thioether (sulfide) groups is 1. The summed E-state index contributed by atoms with van der Waals surface area (Å²) in [5.41, 5.74) is 2.21. The molecule has 0 atom stereocenters. The summed E-state index contributed by atoms with van der Waals surface area (Å²) in [4.78, 5) is 17.2. The van der Waals surface area contributed by atoms with E-state index in [0.717, 1.165) is 30.1 Å². The normalized spacial score (nSPS) is 16.9. The number of carbonyl (C=O) groups excluding carboxylic acids is 1. The van der Waals surface area contributed by atoms with Gasteiger partial charge in [0, 0.05) is 18.5 Å². The molecule has 1 fully saturated rings. The number of benzene rings is 1. The molecule has 30 heavy (non-hydrogen) atoms. The highest BCUT2D eigenvalue weighted by molar-refractivity contribution is 7.99. The van der Waals surface area contributed by atoms with Gasteiger partial charge in [-0.05, 0) is 49.4 Å². The summed E-state index contributed by atoms with van der Waals surface area (Å²) in [6.07, 6.45) is 8.04. The van der Waals surface area contributed by atoms with Gasteiger partial charge in [-0.15, -0.1) is 5.10 Å². The average molecular weight is 449 g/mol. The second kappa shape index (κ2) is 9.09. The number of aryl methyl sites for hydroxylation is 1. The summed E-state index contributed by atoms with van der Waals surface area (Å²) < 4.78 is 25.9. The largest absolute Gasteiger partial charge is 0.293 e. The van der Waals surface area contributed by atoms with Crippen LogP contribution in [0.2, 0.25) is 0 Å². The van der Waals surface area contributed by atoms with Crippen LogP contribution in [-0.4, -0.2) is 47.4 Å². The minimum Gasteiger partial charge on any atom is -0.293 e. The molecule has 162 valence electrons. The van der Waals surface area contributed by atoms with Crippen molar-refractivity contribution in [3.05, 3.63) is 35.2 Å². The lowest BCUT2D eigenvalue weighted by atomic mass is 10.0. The molecule has 2 aromatic rings. The number of nitrogens with one attached hydrogen (secondary N) is 1. The summed E-state index contributed by atoms with van der Waals surface area (Å²) in [5, 5.41) is 7.83. The molecule has 7 nitrogen and oxygen atoms in total. The molecule has 1 aliphatic carbocycles. The molecule has 1 N–H and O–H groups in total. The summed E-state index contributed by atoms with van der Waals surface area (Å²) in [5.74, 6) is 2.04. The first kappa shape index (κ1) is 21.4. The fourth-order valence-electron chi connectivity index (χ4n) is 4.30. The van der Waals surface area contributed by atoms with Gasteiger partial charge in [-0.3, -0.25) is 14.2 Å². The fraction of sp³-hybridized carbons (Fsp3) is 0.571. The minimum absolute atomic E-state index is 0.00287. The van der Waals surface area contributed by atoms with Crippen LogP contribution in [0.1, 0.15) is 60.8 Å². The average Bonchev–Trinajstić information content (AvgIpc) is 3.50. The van der Waals surface area contributed by atoms with Crippen LogP contribution in [0.5, 0.6) is 0 Å². The van der Waals surface area contributed by atoms with Crippen molar-refractivity contribution in [2.24, 2.45) is 5.92 Å². The maximum Gasteiger partial charge on any atom is 0.234 e. The van der Waals surface area contributed by atoms with Gasteiger partial charge in [-0.2, -0.15) is 0 Å². The van der Waals surface area contributed by atoms with Crippen LogP contribution in [0.15, 0.2) is 23.4 Å². The molecular weight excluding hydrogens is 420 g/mol. The summed E-state index contributed by atoms with van der Waals surface area (Å²) in [6, 6.07) is 5.30. The Hall–Kier alpha value is -1.87. The third-order valence-corrected chi connectivity index (χ3v) is 8.69. The molecular formula is C21H28N4O3S2. The molecule has 0 spiro atoms. The number of anilines is 1. The van der Waals surface area contributed by atoms with E-state index in [2.05, 4.69) is 15.2 Å². The highest BCUT2D eigenvalue weighted by atomic mass is 32.2. The zero-order valence-corrected chi connectivity index (χ0v) is 18.9. The third-order valence-electron chi connectivity index (χ3n) is 6.06.